The van der Waals surface area contributed by atoms with Crippen LogP contribution in [0.1, 0.15) is 26.7 Å². The Morgan fingerprint density at radius 3 is 2.59 bits per heavy atom. The first-order chi connectivity index (χ1) is 8.08. The van der Waals surface area contributed by atoms with E-state index in [1.165, 1.54) is 17.2 Å². The normalized spacial score (nSPS) is 14.4. The Labute approximate surface area is 103 Å². The van der Waals surface area contributed by atoms with E-state index in [0.29, 0.717) is 6.41 Å². The SMILES string of the molecule is CCC(CC(C)N(C=O)/C=C\C(=O)NC)OC. The monoisotopic (exact) mass is 242 g/mol. The zero-order valence-electron chi connectivity index (χ0n) is 11.0. The van der Waals surface area contributed by atoms with Crippen LogP contribution in [0, 0.1) is 0 Å². The second-order valence-electron chi connectivity index (χ2n) is 3.83. The van der Waals surface area contributed by atoms with Gasteiger partial charge in [0, 0.05) is 32.5 Å². The summed E-state index contributed by atoms with van der Waals surface area (Å²) >= 11 is 0. The first kappa shape index (κ1) is 15.6. The molecule has 0 aliphatic heterocycles. The molecule has 2 atom stereocenters. The van der Waals surface area contributed by atoms with E-state index < -0.39 is 0 Å². The summed E-state index contributed by atoms with van der Waals surface area (Å²) in [5, 5.41) is 2.45. The van der Waals surface area contributed by atoms with E-state index in [4.69, 9.17) is 4.74 Å². The van der Waals surface area contributed by atoms with E-state index in [1.807, 2.05) is 13.8 Å². The van der Waals surface area contributed by atoms with Crippen LogP contribution in [-0.2, 0) is 14.3 Å². The van der Waals surface area contributed by atoms with Crippen molar-refractivity contribution in [3.8, 4) is 0 Å². The summed E-state index contributed by atoms with van der Waals surface area (Å²) < 4.78 is 5.27. The summed E-state index contributed by atoms with van der Waals surface area (Å²) in [6.07, 6.45) is 5.29. The maximum absolute atomic E-state index is 11.0. The molecule has 0 aromatic rings. The van der Waals surface area contributed by atoms with Crippen molar-refractivity contribution in [2.45, 2.75) is 38.8 Å². The van der Waals surface area contributed by atoms with Crippen molar-refractivity contribution < 1.29 is 14.3 Å². The molecule has 5 nitrogen and oxygen atoms in total. The van der Waals surface area contributed by atoms with Crippen LogP contribution in [0.15, 0.2) is 12.3 Å². The van der Waals surface area contributed by atoms with Crippen LogP contribution >= 0.6 is 0 Å². The van der Waals surface area contributed by atoms with Gasteiger partial charge < -0.3 is 15.0 Å². The minimum atomic E-state index is -0.233. The second kappa shape index (κ2) is 8.75. The van der Waals surface area contributed by atoms with Gasteiger partial charge in [0.25, 0.3) is 0 Å². The predicted molar refractivity (Wildman–Crippen MR) is 66.3 cm³/mol. The average molecular weight is 242 g/mol. The van der Waals surface area contributed by atoms with Crippen LogP contribution in [0.4, 0.5) is 0 Å². The highest BCUT2D eigenvalue weighted by atomic mass is 16.5. The summed E-state index contributed by atoms with van der Waals surface area (Å²) in [6.45, 7) is 3.96. The molecule has 98 valence electrons. The van der Waals surface area contributed by atoms with E-state index in [2.05, 4.69) is 5.32 Å². The standard InChI is InChI=1S/C12H22N2O3/c1-5-11(17-4)8-10(2)14(9-15)7-6-12(16)13-3/h6-7,9-11H,5,8H2,1-4H3,(H,13,16)/b7-6-. The van der Waals surface area contributed by atoms with Gasteiger partial charge in [-0.3, -0.25) is 9.59 Å². The molecule has 0 aromatic heterocycles. The molecular formula is C12H22N2O3. The van der Waals surface area contributed by atoms with Crippen molar-refractivity contribution >= 4 is 12.3 Å². The summed E-state index contributed by atoms with van der Waals surface area (Å²) in [5.41, 5.74) is 0. The third-order valence-corrected chi connectivity index (χ3v) is 2.67. The highest BCUT2D eigenvalue weighted by molar-refractivity contribution is 5.87. The fourth-order valence-corrected chi connectivity index (χ4v) is 1.45. The van der Waals surface area contributed by atoms with Crippen LogP contribution in [0.3, 0.4) is 0 Å². The van der Waals surface area contributed by atoms with Crippen LogP contribution in [-0.4, -0.2) is 43.5 Å². The van der Waals surface area contributed by atoms with Gasteiger partial charge in [0.1, 0.15) is 0 Å². The van der Waals surface area contributed by atoms with Crippen molar-refractivity contribution in [1.82, 2.24) is 10.2 Å². The van der Waals surface area contributed by atoms with Gasteiger partial charge in [-0.15, -0.1) is 0 Å². The molecule has 0 saturated carbocycles. The molecule has 0 radical (unpaired) electrons. The van der Waals surface area contributed by atoms with Crippen molar-refractivity contribution in [1.29, 1.82) is 0 Å². The Morgan fingerprint density at radius 1 is 1.53 bits per heavy atom. The summed E-state index contributed by atoms with van der Waals surface area (Å²) in [4.78, 5) is 23.4. The van der Waals surface area contributed by atoms with Crippen LogP contribution < -0.4 is 5.32 Å². The number of nitrogens with zero attached hydrogens (tertiary/aromatic N) is 1. The van der Waals surface area contributed by atoms with Gasteiger partial charge >= 0.3 is 0 Å². The molecule has 2 unspecified atom stereocenters. The smallest absolute Gasteiger partial charge is 0.245 e. The van der Waals surface area contributed by atoms with E-state index >= 15 is 0 Å². The fraction of sp³-hybridized carbons (Fsp3) is 0.667. The topological polar surface area (TPSA) is 58.6 Å². The summed E-state index contributed by atoms with van der Waals surface area (Å²) in [5.74, 6) is -0.233. The molecule has 5 heteroatoms. The quantitative estimate of drug-likeness (QED) is 0.508. The fourth-order valence-electron chi connectivity index (χ4n) is 1.45. The Bertz CT molecular complexity index is 262. The zero-order valence-corrected chi connectivity index (χ0v) is 11.0. The van der Waals surface area contributed by atoms with Crippen LogP contribution in [0.25, 0.3) is 0 Å². The third-order valence-electron chi connectivity index (χ3n) is 2.67. The van der Waals surface area contributed by atoms with E-state index in [-0.39, 0.29) is 18.1 Å². The molecule has 0 fully saturated rings. The minimum absolute atomic E-state index is 0.00157. The lowest BCUT2D eigenvalue weighted by Gasteiger charge is -2.24. The van der Waals surface area contributed by atoms with Crippen molar-refractivity contribution in [3.05, 3.63) is 12.3 Å². The van der Waals surface area contributed by atoms with Crippen molar-refractivity contribution in [2.75, 3.05) is 14.2 Å². The number of likely N-dealkylation sites (N-methyl/N-ethyl adjacent to an activating group) is 1. The molecule has 2 amide bonds. The lowest BCUT2D eigenvalue weighted by Crippen LogP contribution is -2.31. The van der Waals surface area contributed by atoms with Gasteiger partial charge in [-0.25, -0.2) is 0 Å². The molecule has 0 heterocycles. The highest BCUT2D eigenvalue weighted by Crippen LogP contribution is 2.10. The third kappa shape index (κ3) is 6.06. The number of carbonyl (C=O) groups is 2. The van der Waals surface area contributed by atoms with Crippen LogP contribution in [0.5, 0.6) is 0 Å². The average Bonchev–Trinajstić information content (AvgIpc) is 2.36. The molecule has 17 heavy (non-hydrogen) atoms. The highest BCUT2D eigenvalue weighted by Gasteiger charge is 2.15. The van der Waals surface area contributed by atoms with Gasteiger partial charge in [0.15, 0.2) is 0 Å². The molecule has 1 N–H and O–H groups in total. The lowest BCUT2D eigenvalue weighted by molar-refractivity contribution is -0.117. The number of ether oxygens (including phenoxy) is 1. The Kier molecular flexibility index (Phi) is 8.05. The van der Waals surface area contributed by atoms with Crippen LogP contribution in [0.2, 0.25) is 0 Å². The molecule has 0 saturated heterocycles. The zero-order chi connectivity index (χ0) is 13.3. The number of rotatable bonds is 8. The number of carbonyl (C=O) groups excluding carboxylic acids is 2. The van der Waals surface area contributed by atoms with E-state index in [1.54, 1.807) is 14.2 Å². The molecular weight excluding hydrogens is 220 g/mol. The molecule has 0 spiro atoms. The van der Waals surface area contributed by atoms with Gasteiger partial charge in [-0.1, -0.05) is 6.92 Å². The predicted octanol–water partition coefficient (Wildman–Crippen LogP) is 0.908. The van der Waals surface area contributed by atoms with Gasteiger partial charge in [-0.05, 0) is 19.8 Å². The number of methoxy groups -OCH3 is 1. The van der Waals surface area contributed by atoms with Gasteiger partial charge in [-0.2, -0.15) is 0 Å². The Hall–Kier alpha value is -1.36. The van der Waals surface area contributed by atoms with E-state index in [0.717, 1.165) is 12.8 Å². The summed E-state index contributed by atoms with van der Waals surface area (Å²) in [6, 6.07) is -0.00157. The Morgan fingerprint density at radius 2 is 2.18 bits per heavy atom. The van der Waals surface area contributed by atoms with Crippen molar-refractivity contribution in [3.63, 3.8) is 0 Å². The van der Waals surface area contributed by atoms with E-state index in [9.17, 15) is 9.59 Å². The summed E-state index contributed by atoms with van der Waals surface area (Å²) in [7, 11) is 3.20. The Balaban J connectivity index is 4.39. The molecule has 0 aliphatic rings. The first-order valence-corrected chi connectivity index (χ1v) is 5.74. The largest absolute Gasteiger partial charge is 0.381 e. The maximum Gasteiger partial charge on any atom is 0.245 e. The number of hydrogen-bond donors (Lipinski definition) is 1. The van der Waals surface area contributed by atoms with Gasteiger partial charge in [0.05, 0.1) is 6.10 Å². The minimum Gasteiger partial charge on any atom is -0.381 e. The molecule has 0 rings (SSSR count). The van der Waals surface area contributed by atoms with Gasteiger partial charge in [0.2, 0.25) is 12.3 Å². The molecule has 0 aliphatic carbocycles. The second-order valence-corrected chi connectivity index (χ2v) is 3.83. The number of amides is 2. The lowest BCUT2D eigenvalue weighted by atomic mass is 10.1. The molecule has 0 bridgehead atoms. The molecule has 0 aromatic carbocycles. The first-order valence-electron chi connectivity index (χ1n) is 5.74. The maximum atomic E-state index is 11.0. The van der Waals surface area contributed by atoms with Crippen molar-refractivity contribution in [2.24, 2.45) is 0 Å². The number of nitrogens with one attached hydrogen (secondary N) is 1. The number of hydrogen-bond acceptors (Lipinski definition) is 3.